The summed E-state index contributed by atoms with van der Waals surface area (Å²) in [6, 6.07) is 3.26. The molecule has 1 unspecified atom stereocenters. The van der Waals surface area contributed by atoms with E-state index in [9.17, 15) is 14.7 Å². The summed E-state index contributed by atoms with van der Waals surface area (Å²) in [7, 11) is 0. The normalized spacial score (nSPS) is 18.9. The maximum Gasteiger partial charge on any atom is 0.345 e. The predicted molar refractivity (Wildman–Crippen MR) is 109 cm³/mol. The van der Waals surface area contributed by atoms with E-state index < -0.39 is 12.1 Å². The van der Waals surface area contributed by atoms with Gasteiger partial charge in [-0.2, -0.15) is 0 Å². The molecule has 1 amide bonds. The standard InChI is InChI=1S/C21H31NO5S/c1-4-5-11-21(2,3)18(23)10-12-22-15(6-9-19(22)24)13-27-14-16-7-8-17(28-16)20(25)26/h7-8,10,12,15,18,23H,4-6,9,11,13-14H2,1-3H3,(H,25,26)/b12-10+/t15-,18?/m1/s1. The first-order valence-electron chi connectivity index (χ1n) is 9.82. The van der Waals surface area contributed by atoms with Crippen molar-refractivity contribution in [1.82, 2.24) is 4.90 Å². The van der Waals surface area contributed by atoms with Crippen LogP contribution in [0.1, 0.15) is 67.4 Å². The Morgan fingerprint density at radius 3 is 2.86 bits per heavy atom. The number of ether oxygens (including phenoxy) is 1. The van der Waals surface area contributed by atoms with Gasteiger partial charge < -0.3 is 19.8 Å². The van der Waals surface area contributed by atoms with E-state index in [0.29, 0.717) is 30.9 Å². The van der Waals surface area contributed by atoms with Crippen LogP contribution in [0.5, 0.6) is 0 Å². The van der Waals surface area contributed by atoms with Gasteiger partial charge in [-0.05, 0) is 36.5 Å². The summed E-state index contributed by atoms with van der Waals surface area (Å²) in [6.45, 7) is 6.91. The van der Waals surface area contributed by atoms with Crippen LogP contribution in [0.4, 0.5) is 0 Å². The number of nitrogens with zero attached hydrogens (tertiary/aromatic N) is 1. The highest BCUT2D eigenvalue weighted by Gasteiger charge is 2.31. The fourth-order valence-corrected chi connectivity index (χ4v) is 4.00. The molecule has 1 aliphatic heterocycles. The molecule has 1 saturated heterocycles. The summed E-state index contributed by atoms with van der Waals surface area (Å²) in [6.07, 6.45) is 7.05. The van der Waals surface area contributed by atoms with Gasteiger partial charge in [-0.1, -0.05) is 33.6 Å². The van der Waals surface area contributed by atoms with E-state index in [0.717, 1.165) is 24.1 Å². The van der Waals surface area contributed by atoms with Crippen LogP contribution >= 0.6 is 11.3 Å². The zero-order chi connectivity index (χ0) is 20.7. The summed E-state index contributed by atoms with van der Waals surface area (Å²) in [5, 5.41) is 19.5. The smallest absolute Gasteiger partial charge is 0.345 e. The zero-order valence-corrected chi connectivity index (χ0v) is 17.7. The largest absolute Gasteiger partial charge is 0.477 e. The molecule has 1 aromatic heterocycles. The maximum atomic E-state index is 12.2. The molecule has 0 aromatic carbocycles. The number of carboxylic acids is 1. The topological polar surface area (TPSA) is 87.1 Å². The molecular formula is C21H31NO5S. The quantitative estimate of drug-likeness (QED) is 0.576. The number of carbonyl (C=O) groups excluding carboxylic acids is 1. The Morgan fingerprint density at radius 2 is 2.21 bits per heavy atom. The lowest BCUT2D eigenvalue weighted by atomic mass is 9.81. The van der Waals surface area contributed by atoms with Gasteiger partial charge >= 0.3 is 5.97 Å². The van der Waals surface area contributed by atoms with E-state index in [4.69, 9.17) is 9.84 Å². The monoisotopic (exact) mass is 409 g/mol. The third-order valence-corrected chi connectivity index (χ3v) is 6.25. The summed E-state index contributed by atoms with van der Waals surface area (Å²) >= 11 is 1.20. The molecule has 2 rings (SSSR count). The average molecular weight is 410 g/mol. The van der Waals surface area contributed by atoms with E-state index in [1.165, 1.54) is 11.3 Å². The van der Waals surface area contributed by atoms with Crippen LogP contribution in [0, 0.1) is 5.41 Å². The van der Waals surface area contributed by atoms with Crippen molar-refractivity contribution in [2.75, 3.05) is 6.61 Å². The molecule has 0 aliphatic carbocycles. The molecule has 28 heavy (non-hydrogen) atoms. The molecular weight excluding hydrogens is 378 g/mol. The number of unbranched alkanes of at least 4 members (excludes halogenated alkanes) is 1. The average Bonchev–Trinajstić information content (AvgIpc) is 3.25. The second-order valence-electron chi connectivity index (χ2n) is 7.96. The van der Waals surface area contributed by atoms with Crippen LogP contribution in [-0.4, -0.2) is 45.7 Å². The van der Waals surface area contributed by atoms with Crippen molar-refractivity contribution in [2.45, 2.75) is 71.6 Å². The molecule has 156 valence electrons. The van der Waals surface area contributed by atoms with Crippen molar-refractivity contribution < 1.29 is 24.5 Å². The molecule has 0 bridgehead atoms. The fourth-order valence-electron chi connectivity index (χ4n) is 3.21. The molecule has 1 aliphatic rings. The highest BCUT2D eigenvalue weighted by molar-refractivity contribution is 7.13. The van der Waals surface area contributed by atoms with Crippen molar-refractivity contribution in [2.24, 2.45) is 5.41 Å². The van der Waals surface area contributed by atoms with Crippen LogP contribution in [-0.2, 0) is 16.1 Å². The van der Waals surface area contributed by atoms with Gasteiger partial charge in [-0.3, -0.25) is 4.79 Å². The zero-order valence-electron chi connectivity index (χ0n) is 16.9. The van der Waals surface area contributed by atoms with Gasteiger partial charge in [0.25, 0.3) is 0 Å². The Labute approximate surface area is 170 Å². The van der Waals surface area contributed by atoms with E-state index in [1.807, 2.05) is 13.8 Å². The molecule has 2 N–H and O–H groups in total. The molecule has 0 spiro atoms. The number of thiophene rings is 1. The second kappa shape index (κ2) is 10.2. The third-order valence-electron chi connectivity index (χ3n) is 5.20. The van der Waals surface area contributed by atoms with E-state index in [1.54, 1.807) is 29.3 Å². The van der Waals surface area contributed by atoms with Crippen molar-refractivity contribution in [3.8, 4) is 0 Å². The fraction of sp³-hybridized carbons (Fsp3) is 0.619. The van der Waals surface area contributed by atoms with Gasteiger partial charge in [0.2, 0.25) is 5.91 Å². The van der Waals surface area contributed by atoms with Gasteiger partial charge in [-0.15, -0.1) is 11.3 Å². The van der Waals surface area contributed by atoms with Gasteiger partial charge in [0, 0.05) is 17.5 Å². The van der Waals surface area contributed by atoms with Crippen LogP contribution in [0.15, 0.2) is 24.4 Å². The summed E-state index contributed by atoms with van der Waals surface area (Å²) in [5.41, 5.74) is -0.234. The van der Waals surface area contributed by atoms with Gasteiger partial charge in [0.1, 0.15) is 4.88 Å². The molecule has 2 atom stereocenters. The summed E-state index contributed by atoms with van der Waals surface area (Å²) in [4.78, 5) is 25.9. The van der Waals surface area contributed by atoms with E-state index in [2.05, 4.69) is 6.92 Å². The first-order valence-corrected chi connectivity index (χ1v) is 10.6. The third kappa shape index (κ3) is 6.15. The van der Waals surface area contributed by atoms with E-state index in [-0.39, 0.29) is 17.4 Å². The Bertz CT molecular complexity index is 697. The number of rotatable bonds is 11. The minimum atomic E-state index is -0.936. The second-order valence-corrected chi connectivity index (χ2v) is 9.13. The van der Waals surface area contributed by atoms with Crippen molar-refractivity contribution >= 4 is 23.2 Å². The van der Waals surface area contributed by atoms with Crippen molar-refractivity contribution in [3.05, 3.63) is 34.2 Å². The Kier molecular flexibility index (Phi) is 8.22. The predicted octanol–water partition coefficient (Wildman–Crippen LogP) is 4.04. The number of hydrogen-bond acceptors (Lipinski definition) is 5. The van der Waals surface area contributed by atoms with Crippen LogP contribution in [0.25, 0.3) is 0 Å². The first kappa shape index (κ1) is 22.6. The number of likely N-dealkylation sites (tertiary alicyclic amines) is 1. The molecule has 2 heterocycles. The highest BCUT2D eigenvalue weighted by Crippen LogP contribution is 2.29. The lowest BCUT2D eigenvalue weighted by molar-refractivity contribution is -0.127. The molecule has 6 nitrogen and oxygen atoms in total. The van der Waals surface area contributed by atoms with E-state index >= 15 is 0 Å². The first-order chi connectivity index (χ1) is 13.2. The van der Waals surface area contributed by atoms with Crippen LogP contribution < -0.4 is 0 Å². The van der Waals surface area contributed by atoms with Crippen molar-refractivity contribution in [1.29, 1.82) is 0 Å². The number of aromatic carboxylic acids is 1. The van der Waals surface area contributed by atoms with Gasteiger partial charge in [0.15, 0.2) is 0 Å². The number of amides is 1. The minimum absolute atomic E-state index is 0.0349. The Balaban J connectivity index is 1.88. The number of carboxylic acid groups (broad SMARTS) is 1. The Hall–Kier alpha value is -1.70. The number of aliphatic hydroxyl groups excluding tert-OH is 1. The van der Waals surface area contributed by atoms with Crippen molar-refractivity contribution in [3.63, 3.8) is 0 Å². The molecule has 0 radical (unpaired) electrons. The molecule has 7 heteroatoms. The summed E-state index contributed by atoms with van der Waals surface area (Å²) in [5.74, 6) is -0.901. The lowest BCUT2D eigenvalue weighted by Crippen LogP contribution is -2.33. The maximum absolute atomic E-state index is 12.2. The number of hydrogen-bond donors (Lipinski definition) is 2. The SMILES string of the molecule is CCCCC(C)(C)C(O)/C=C/N1C(=O)CC[C@@H]1COCc1ccc(C(=O)O)s1. The van der Waals surface area contributed by atoms with Gasteiger partial charge in [-0.25, -0.2) is 4.79 Å². The lowest BCUT2D eigenvalue weighted by Gasteiger charge is -2.29. The highest BCUT2D eigenvalue weighted by atomic mass is 32.1. The van der Waals surface area contributed by atoms with Crippen LogP contribution in [0.3, 0.4) is 0 Å². The molecule has 1 aromatic rings. The van der Waals surface area contributed by atoms with Gasteiger partial charge in [0.05, 0.1) is 25.4 Å². The Morgan fingerprint density at radius 1 is 1.46 bits per heavy atom. The summed E-state index contributed by atoms with van der Waals surface area (Å²) < 4.78 is 5.73. The van der Waals surface area contributed by atoms with Crippen LogP contribution in [0.2, 0.25) is 0 Å². The molecule has 0 saturated carbocycles. The number of carbonyl (C=O) groups is 2. The minimum Gasteiger partial charge on any atom is -0.477 e. The molecule has 1 fully saturated rings. The number of aliphatic hydroxyl groups is 1.